The van der Waals surface area contributed by atoms with Crippen LogP contribution in [-0.4, -0.2) is 27.2 Å². The predicted molar refractivity (Wildman–Crippen MR) is 338 cm³/mol. The van der Waals surface area contributed by atoms with Gasteiger partial charge in [0.2, 0.25) is 0 Å². The zero-order valence-electron chi connectivity index (χ0n) is 45.6. The quantitative estimate of drug-likeness (QED) is 0.0862. The molecule has 0 saturated carbocycles. The molecule has 2 nitrogen and oxygen atoms in total. The average Bonchev–Trinajstić information content (AvgIpc) is 3.99. The monoisotopic (exact) mass is 1100 g/mol. The van der Waals surface area contributed by atoms with Crippen molar-refractivity contribution in [1.82, 2.24) is 0 Å². The van der Waals surface area contributed by atoms with E-state index in [0.29, 0.717) is 0 Å². The van der Waals surface area contributed by atoms with Gasteiger partial charge in [-0.1, -0.05) is 406 Å². The van der Waals surface area contributed by atoms with E-state index in [0.717, 1.165) is 13.1 Å². The molecule has 79 heavy (non-hydrogen) atoms. The Morgan fingerprint density at radius 3 is 0.519 bits per heavy atom. The Hall–Kier alpha value is -8.49. The third-order valence-corrected chi connectivity index (χ3v) is 13.8. The first-order valence-electron chi connectivity index (χ1n) is 27.0. The molecule has 0 aliphatic heterocycles. The van der Waals surface area contributed by atoms with Crippen LogP contribution in [0.1, 0.15) is 13.8 Å². The summed E-state index contributed by atoms with van der Waals surface area (Å²) in [5, 5.41) is 7.47. The summed E-state index contributed by atoms with van der Waals surface area (Å²) in [6, 6.07) is 108. The van der Waals surface area contributed by atoms with Gasteiger partial charge < -0.3 is 10.6 Å². The van der Waals surface area contributed by atoms with Gasteiger partial charge in [-0.3, -0.25) is 0 Å². The fourth-order valence-corrected chi connectivity index (χ4v) is 10.2. The largest absolute Gasteiger partial charge is 4.00 e. The van der Waals surface area contributed by atoms with E-state index in [1.165, 1.54) is 111 Å². The molecule has 0 aliphatic rings. The third kappa shape index (κ3) is 13.4. The Bertz CT molecular complexity index is 2790. The van der Waals surface area contributed by atoms with Crippen molar-refractivity contribution in [2.45, 2.75) is 13.8 Å². The Kier molecular flexibility index (Phi) is 21.0. The van der Waals surface area contributed by atoms with E-state index < -0.39 is 0 Å². The van der Waals surface area contributed by atoms with Gasteiger partial charge in [0, 0.05) is 0 Å². The first-order chi connectivity index (χ1) is 38.7. The third-order valence-electron chi connectivity index (χ3n) is 13.8. The molecule has 0 saturated heterocycles. The van der Waals surface area contributed by atoms with Gasteiger partial charge in [0.1, 0.15) is 0 Å². The zero-order chi connectivity index (χ0) is 53.7. The van der Waals surface area contributed by atoms with Crippen LogP contribution in [0.25, 0.3) is 122 Å². The molecule has 0 aliphatic carbocycles. The fourth-order valence-electron chi connectivity index (χ4n) is 10.2. The SMILES string of the molecule is CC[N-]C.CC[N-]C.[Mo+4].c1ccc(-c2c(-c3ccccc3)c(-c3ccccc3)[c-](-c3ccccc3)c2-c2ccccc2)cc1.c1ccc(-c2c(-c3ccccc3)c(-c3ccccc3)[c-](-c3ccccc3)c2-c2ccccc2)cc1. The van der Waals surface area contributed by atoms with Crippen molar-refractivity contribution in [1.29, 1.82) is 0 Å². The maximum atomic E-state index is 3.74. The van der Waals surface area contributed by atoms with Crippen LogP contribution in [0.4, 0.5) is 0 Å². The number of benzene rings is 10. The normalized spacial score (nSPS) is 10.4. The molecule has 0 unspecified atom stereocenters. The van der Waals surface area contributed by atoms with Gasteiger partial charge in [0.15, 0.2) is 0 Å². The van der Waals surface area contributed by atoms with Crippen molar-refractivity contribution in [2.24, 2.45) is 0 Å². The summed E-state index contributed by atoms with van der Waals surface area (Å²) in [6.07, 6.45) is 0. The van der Waals surface area contributed by atoms with Gasteiger partial charge >= 0.3 is 21.1 Å². The molecule has 0 bridgehead atoms. The van der Waals surface area contributed by atoms with E-state index in [1.807, 2.05) is 13.8 Å². The second-order valence-corrected chi connectivity index (χ2v) is 18.7. The summed E-state index contributed by atoms with van der Waals surface area (Å²) in [5.74, 6) is 0. The standard InChI is InChI=1S/2C35H25.2C3H8N.Mo/c2*1-6-16-26(17-7-1)31-32(27-18-8-2-9-19-27)34(29-22-12-4-13-23-29)35(30-24-14-5-15-25-30)33(31)28-20-10-3-11-21-28;2*1-3-4-2;/h2*1-25H;2*3H2,1-2H3;/q4*-1;+4. The van der Waals surface area contributed by atoms with Crippen molar-refractivity contribution >= 4 is 0 Å². The minimum Gasteiger partial charge on any atom is -0.665 e. The minimum absolute atomic E-state index is 0. The van der Waals surface area contributed by atoms with Crippen LogP contribution in [-0.2, 0) is 21.1 Å². The van der Waals surface area contributed by atoms with Crippen molar-refractivity contribution in [3.05, 3.63) is 314 Å². The summed E-state index contributed by atoms with van der Waals surface area (Å²) in [5.41, 5.74) is 25.0. The van der Waals surface area contributed by atoms with Gasteiger partial charge in [-0.15, -0.1) is 0 Å². The van der Waals surface area contributed by atoms with E-state index in [9.17, 15) is 0 Å². The molecule has 0 fully saturated rings. The predicted octanol–water partition coefficient (Wildman–Crippen LogP) is 21.5. The maximum Gasteiger partial charge on any atom is 4.00 e. The number of nitrogens with zero attached hydrogens (tertiary/aromatic N) is 2. The fraction of sp³-hybridized carbons (Fsp3) is 0.0789. The topological polar surface area (TPSA) is 28.2 Å². The van der Waals surface area contributed by atoms with E-state index >= 15 is 0 Å². The van der Waals surface area contributed by atoms with Gasteiger partial charge in [0.05, 0.1) is 0 Å². The first kappa shape index (κ1) is 56.7. The van der Waals surface area contributed by atoms with Crippen molar-refractivity contribution in [3.63, 3.8) is 0 Å². The summed E-state index contributed by atoms with van der Waals surface area (Å²) in [6.45, 7) is 5.92. The van der Waals surface area contributed by atoms with Crippen LogP contribution in [0, 0.1) is 0 Å². The van der Waals surface area contributed by atoms with Crippen LogP contribution in [0.5, 0.6) is 0 Å². The molecular formula is C76H66MoN2. The molecular weight excluding hydrogens is 1040 g/mol. The number of hydrogen-bond donors (Lipinski definition) is 0. The molecule has 0 aromatic heterocycles. The molecule has 0 atom stereocenters. The molecule has 0 spiro atoms. The van der Waals surface area contributed by atoms with Gasteiger partial charge in [-0.2, -0.15) is 27.2 Å². The van der Waals surface area contributed by atoms with Crippen LogP contribution in [0.3, 0.4) is 0 Å². The second kappa shape index (κ2) is 29.3. The van der Waals surface area contributed by atoms with Crippen molar-refractivity contribution in [2.75, 3.05) is 27.2 Å². The molecule has 12 aromatic rings. The molecule has 12 aromatic carbocycles. The van der Waals surface area contributed by atoms with Gasteiger partial charge in [-0.25, -0.2) is 0 Å². The second-order valence-electron chi connectivity index (χ2n) is 18.7. The molecule has 386 valence electrons. The molecule has 0 N–H and O–H groups in total. The summed E-state index contributed by atoms with van der Waals surface area (Å²) in [7, 11) is 3.61. The van der Waals surface area contributed by atoms with Gasteiger partial charge in [0.25, 0.3) is 0 Å². The molecule has 0 amide bonds. The number of rotatable bonds is 12. The van der Waals surface area contributed by atoms with Crippen molar-refractivity contribution < 1.29 is 21.1 Å². The Labute approximate surface area is 484 Å². The van der Waals surface area contributed by atoms with Crippen LogP contribution >= 0.6 is 0 Å². The maximum absolute atomic E-state index is 3.74. The molecule has 3 heteroatoms. The summed E-state index contributed by atoms with van der Waals surface area (Å²) in [4.78, 5) is 0. The van der Waals surface area contributed by atoms with Crippen molar-refractivity contribution in [3.8, 4) is 111 Å². The Morgan fingerprint density at radius 2 is 0.367 bits per heavy atom. The minimum atomic E-state index is 0. The van der Waals surface area contributed by atoms with Crippen LogP contribution in [0.15, 0.2) is 303 Å². The molecule has 12 rings (SSSR count). The number of hydrogen-bond acceptors (Lipinski definition) is 0. The van der Waals surface area contributed by atoms with Gasteiger partial charge in [-0.05, 0) is 22.3 Å². The Balaban J connectivity index is 0.000000181. The van der Waals surface area contributed by atoms with Crippen LogP contribution in [0.2, 0.25) is 0 Å². The zero-order valence-corrected chi connectivity index (χ0v) is 47.6. The average molecular weight is 1100 g/mol. The summed E-state index contributed by atoms with van der Waals surface area (Å²) >= 11 is 0. The summed E-state index contributed by atoms with van der Waals surface area (Å²) < 4.78 is 0. The smallest absolute Gasteiger partial charge is 0.665 e. The van der Waals surface area contributed by atoms with E-state index in [4.69, 9.17) is 0 Å². The first-order valence-corrected chi connectivity index (χ1v) is 27.0. The molecule has 0 heterocycles. The molecule has 0 radical (unpaired) electrons. The van der Waals surface area contributed by atoms with E-state index in [-0.39, 0.29) is 21.1 Å². The van der Waals surface area contributed by atoms with Crippen LogP contribution < -0.4 is 0 Å². The Morgan fingerprint density at radius 1 is 0.228 bits per heavy atom. The van der Waals surface area contributed by atoms with E-state index in [1.54, 1.807) is 14.1 Å². The van der Waals surface area contributed by atoms with E-state index in [2.05, 4.69) is 314 Å².